The predicted molar refractivity (Wildman–Crippen MR) is 176 cm³/mol. The van der Waals surface area contributed by atoms with E-state index in [-0.39, 0.29) is 10.7 Å². The number of hydrogen-bond donors (Lipinski definition) is 1. The molecule has 1 unspecified atom stereocenters. The summed E-state index contributed by atoms with van der Waals surface area (Å²) in [5.74, 6) is 0. The van der Waals surface area contributed by atoms with E-state index >= 15 is 0 Å². The van der Waals surface area contributed by atoms with Crippen LogP contribution in [0, 0.1) is 13.8 Å². The first-order valence-electron chi connectivity index (χ1n) is 14.5. The lowest BCUT2D eigenvalue weighted by Crippen LogP contribution is -2.23. The lowest BCUT2D eigenvalue weighted by atomic mass is 9.73. The van der Waals surface area contributed by atoms with Crippen LogP contribution in [-0.4, -0.2) is 4.98 Å². The molecule has 200 valence electrons. The van der Waals surface area contributed by atoms with Crippen LogP contribution in [0.2, 0.25) is 0 Å². The molecule has 1 aliphatic rings. The maximum absolute atomic E-state index is 4.84. The molecule has 0 radical (unpaired) electrons. The van der Waals surface area contributed by atoms with Crippen LogP contribution in [-0.2, 0) is 5.41 Å². The highest BCUT2D eigenvalue weighted by molar-refractivity contribution is 7.80. The third kappa shape index (κ3) is 4.39. The number of rotatable bonds is 6. The van der Waals surface area contributed by atoms with Gasteiger partial charge in [0, 0.05) is 16.1 Å². The van der Waals surface area contributed by atoms with Crippen LogP contribution in [0.5, 0.6) is 0 Å². The summed E-state index contributed by atoms with van der Waals surface area (Å²) in [4.78, 5) is 4.84. The van der Waals surface area contributed by atoms with Gasteiger partial charge >= 0.3 is 0 Å². The highest BCUT2D eigenvalue weighted by Gasteiger charge is 2.40. The van der Waals surface area contributed by atoms with E-state index in [1.54, 1.807) is 0 Å². The van der Waals surface area contributed by atoms with E-state index in [2.05, 4.69) is 126 Å². The maximum Gasteiger partial charge on any atom is 0.0709 e. The monoisotopic (exact) mass is 539 g/mol. The first-order valence-corrected chi connectivity index (χ1v) is 15.0. The van der Waals surface area contributed by atoms with Crippen molar-refractivity contribution in [3.05, 3.63) is 124 Å². The molecule has 0 N–H and O–H groups in total. The van der Waals surface area contributed by atoms with Crippen LogP contribution < -0.4 is 0 Å². The normalized spacial score (nSPS) is 14.4. The average molecular weight is 540 g/mol. The summed E-state index contributed by atoms with van der Waals surface area (Å²) in [6, 6.07) is 31.3. The van der Waals surface area contributed by atoms with Crippen LogP contribution >= 0.6 is 12.6 Å². The molecular weight excluding hydrogens is 502 g/mol. The Morgan fingerprint density at radius 3 is 2.23 bits per heavy atom. The number of thiol groups is 1. The number of pyridine rings is 1. The first-order chi connectivity index (χ1) is 19.3. The second-order valence-corrected chi connectivity index (χ2v) is 12.1. The highest BCUT2D eigenvalue weighted by Crippen LogP contribution is 2.54. The van der Waals surface area contributed by atoms with E-state index in [4.69, 9.17) is 17.6 Å². The van der Waals surface area contributed by atoms with Gasteiger partial charge < -0.3 is 0 Å². The van der Waals surface area contributed by atoms with Crippen molar-refractivity contribution in [1.82, 2.24) is 4.98 Å². The van der Waals surface area contributed by atoms with Crippen molar-refractivity contribution in [3.63, 3.8) is 0 Å². The molecule has 6 rings (SSSR count). The number of aromatic nitrogens is 1. The number of hydrogen-bond acceptors (Lipinski definition) is 2. The molecule has 0 amide bonds. The lowest BCUT2D eigenvalue weighted by molar-refractivity contribution is 0.490. The quantitative estimate of drug-likeness (QED) is 0.212. The maximum atomic E-state index is 4.84. The molecule has 0 saturated heterocycles. The molecule has 4 aromatic carbocycles. The van der Waals surface area contributed by atoms with Gasteiger partial charge in [-0.05, 0) is 120 Å². The van der Waals surface area contributed by atoms with Crippen LogP contribution in [0.3, 0.4) is 0 Å². The van der Waals surface area contributed by atoms with E-state index in [0.29, 0.717) is 0 Å². The largest absolute Gasteiger partial charge is 0.248 e. The third-order valence-electron chi connectivity index (χ3n) is 9.05. The van der Waals surface area contributed by atoms with E-state index in [1.807, 2.05) is 6.07 Å². The molecule has 1 aromatic heterocycles. The molecule has 0 aliphatic heterocycles. The SMILES string of the molecule is CCC1(CC)c2cc(-c3cc(C=Cc4ccc5ccccc5n4)c(C)cc3C)ccc2-c2ccc(C(C)S)cc21. The van der Waals surface area contributed by atoms with Crippen molar-refractivity contribution in [2.24, 2.45) is 0 Å². The van der Waals surface area contributed by atoms with Gasteiger partial charge in [0.15, 0.2) is 0 Å². The van der Waals surface area contributed by atoms with Gasteiger partial charge in [-0.1, -0.05) is 80.6 Å². The molecular formula is C38H37NS. The van der Waals surface area contributed by atoms with Crippen LogP contribution in [0.1, 0.15) is 77.9 Å². The van der Waals surface area contributed by atoms with Gasteiger partial charge in [-0.2, -0.15) is 12.6 Å². The fraction of sp³-hybridized carbons (Fsp3) is 0.237. The van der Waals surface area contributed by atoms with Crippen molar-refractivity contribution in [1.29, 1.82) is 0 Å². The topological polar surface area (TPSA) is 12.9 Å². The zero-order valence-electron chi connectivity index (χ0n) is 24.1. The van der Waals surface area contributed by atoms with Gasteiger partial charge in [-0.15, -0.1) is 0 Å². The number of benzene rings is 4. The van der Waals surface area contributed by atoms with Gasteiger partial charge in [0.05, 0.1) is 11.2 Å². The molecule has 1 aliphatic carbocycles. The minimum atomic E-state index is 0.0302. The van der Waals surface area contributed by atoms with Gasteiger partial charge in [-0.3, -0.25) is 0 Å². The highest BCUT2D eigenvalue weighted by atomic mass is 32.1. The molecule has 1 heterocycles. The van der Waals surface area contributed by atoms with Crippen molar-refractivity contribution < 1.29 is 0 Å². The Kier molecular flexibility index (Phi) is 6.92. The average Bonchev–Trinajstić information content (AvgIpc) is 3.25. The van der Waals surface area contributed by atoms with E-state index < -0.39 is 0 Å². The fourth-order valence-corrected chi connectivity index (χ4v) is 6.82. The molecule has 2 heteroatoms. The van der Waals surface area contributed by atoms with Crippen molar-refractivity contribution in [2.45, 2.75) is 58.1 Å². The van der Waals surface area contributed by atoms with Crippen LogP contribution in [0.15, 0.2) is 84.9 Å². The van der Waals surface area contributed by atoms with Crippen LogP contribution in [0.4, 0.5) is 0 Å². The second-order valence-electron chi connectivity index (χ2n) is 11.3. The first kappa shape index (κ1) is 26.6. The molecule has 0 bridgehead atoms. The molecule has 1 atom stereocenters. The summed E-state index contributed by atoms with van der Waals surface area (Å²) in [7, 11) is 0. The Bertz CT molecular complexity index is 1770. The van der Waals surface area contributed by atoms with Crippen molar-refractivity contribution in [2.75, 3.05) is 0 Å². The van der Waals surface area contributed by atoms with Crippen LogP contribution in [0.25, 0.3) is 45.3 Å². The summed E-state index contributed by atoms with van der Waals surface area (Å²) >= 11 is 4.75. The summed E-state index contributed by atoms with van der Waals surface area (Å²) in [5, 5.41) is 1.39. The molecule has 0 fully saturated rings. The second kappa shape index (κ2) is 10.4. The summed E-state index contributed by atoms with van der Waals surface area (Å²) in [6.45, 7) is 11.3. The Morgan fingerprint density at radius 1 is 0.750 bits per heavy atom. The summed E-state index contributed by atoms with van der Waals surface area (Å²) < 4.78 is 0. The molecule has 5 aromatic rings. The number of aryl methyl sites for hydroxylation is 2. The number of fused-ring (bicyclic) bond motifs is 4. The van der Waals surface area contributed by atoms with E-state index in [9.17, 15) is 0 Å². The smallest absolute Gasteiger partial charge is 0.0709 e. The van der Waals surface area contributed by atoms with Gasteiger partial charge in [-0.25, -0.2) is 4.98 Å². The third-order valence-corrected chi connectivity index (χ3v) is 9.35. The van der Waals surface area contributed by atoms with E-state index in [1.165, 1.54) is 61.0 Å². The summed E-state index contributed by atoms with van der Waals surface area (Å²) in [6.07, 6.45) is 6.50. The minimum absolute atomic E-state index is 0.0302. The minimum Gasteiger partial charge on any atom is -0.248 e. The molecule has 1 nitrogen and oxygen atoms in total. The Hall–Kier alpha value is -3.62. The lowest BCUT2D eigenvalue weighted by Gasteiger charge is -2.30. The Morgan fingerprint density at radius 2 is 1.48 bits per heavy atom. The molecule has 0 saturated carbocycles. The Balaban J connectivity index is 1.42. The summed E-state index contributed by atoms with van der Waals surface area (Å²) in [5.41, 5.74) is 15.4. The van der Waals surface area contributed by atoms with Gasteiger partial charge in [0.2, 0.25) is 0 Å². The standard InChI is InChI=1S/C38H37NS/c1-6-38(7-2)35-22-29(26(5)40)14-18-32(35)33-19-15-30(23-36(33)38)34-21-28(24(3)20-25(34)4)13-17-31-16-12-27-10-8-9-11-37(27)39-31/h8-23,26,40H,6-7H2,1-5H3. The zero-order valence-corrected chi connectivity index (χ0v) is 25.0. The molecule has 0 spiro atoms. The number of para-hydroxylation sites is 1. The number of nitrogens with zero attached hydrogens (tertiary/aromatic N) is 1. The van der Waals surface area contributed by atoms with Gasteiger partial charge in [0.25, 0.3) is 0 Å². The molecule has 40 heavy (non-hydrogen) atoms. The van der Waals surface area contributed by atoms with Gasteiger partial charge in [0.1, 0.15) is 0 Å². The zero-order chi connectivity index (χ0) is 28.0. The van der Waals surface area contributed by atoms with E-state index in [0.717, 1.165) is 24.1 Å². The Labute approximate surface area is 244 Å². The fourth-order valence-electron chi connectivity index (χ4n) is 6.66. The van der Waals surface area contributed by atoms with Crippen molar-refractivity contribution in [3.8, 4) is 22.3 Å². The van der Waals surface area contributed by atoms with Crippen molar-refractivity contribution >= 4 is 35.7 Å². The predicted octanol–water partition coefficient (Wildman–Crippen LogP) is 10.8.